The van der Waals surface area contributed by atoms with E-state index in [0.29, 0.717) is 42.5 Å². The van der Waals surface area contributed by atoms with Crippen LogP contribution in [0.5, 0.6) is 0 Å². The van der Waals surface area contributed by atoms with Crippen LogP contribution < -0.4 is 15.6 Å². The normalized spacial score (nSPS) is 13.3. The molecular weight excluding hydrogens is 488 g/mol. The molecule has 11 heteroatoms. The maximum Gasteiger partial charge on any atom is 0.411 e. The van der Waals surface area contributed by atoms with Gasteiger partial charge in [-0.05, 0) is 36.8 Å². The number of aryl methyl sites for hydroxylation is 1. The van der Waals surface area contributed by atoms with Crippen LogP contribution >= 0.6 is 0 Å². The van der Waals surface area contributed by atoms with Crippen LogP contribution in [0.2, 0.25) is 0 Å². The molecule has 0 unspecified atom stereocenters. The van der Waals surface area contributed by atoms with Gasteiger partial charge in [0.15, 0.2) is 5.82 Å². The average molecular weight is 519 g/mol. The third-order valence-electron chi connectivity index (χ3n) is 5.64. The molecule has 1 fully saturated rings. The zero-order valence-electron chi connectivity index (χ0n) is 21.3. The summed E-state index contributed by atoms with van der Waals surface area (Å²) >= 11 is 0. The number of carbonyl (C=O) groups excluding carboxylic acids is 2. The SMILES string of the molecule is COC(=O)c1ccc(NC(=O)OCCc2nc(N/N=C/c3cccc(C)c3)cc(N3CCOCC3)n2)cc1. The number of benzene rings is 2. The summed E-state index contributed by atoms with van der Waals surface area (Å²) in [5, 5.41) is 6.95. The first-order chi connectivity index (χ1) is 18.5. The maximum atomic E-state index is 12.2. The second-order valence-electron chi connectivity index (χ2n) is 8.49. The van der Waals surface area contributed by atoms with Gasteiger partial charge in [-0.25, -0.2) is 19.6 Å². The lowest BCUT2D eigenvalue weighted by Gasteiger charge is -2.28. The Balaban J connectivity index is 1.37. The van der Waals surface area contributed by atoms with Gasteiger partial charge in [0, 0.05) is 31.3 Å². The summed E-state index contributed by atoms with van der Waals surface area (Å²) < 4.78 is 15.4. The Hall–Kier alpha value is -4.51. The summed E-state index contributed by atoms with van der Waals surface area (Å²) in [4.78, 5) is 35.1. The topological polar surface area (TPSA) is 127 Å². The first kappa shape index (κ1) is 26.6. The predicted molar refractivity (Wildman–Crippen MR) is 144 cm³/mol. The first-order valence-corrected chi connectivity index (χ1v) is 12.2. The van der Waals surface area contributed by atoms with E-state index in [2.05, 4.69) is 35.4 Å². The molecule has 0 bridgehead atoms. The van der Waals surface area contributed by atoms with Gasteiger partial charge in [0.05, 0.1) is 32.1 Å². The number of aromatic nitrogens is 2. The maximum absolute atomic E-state index is 12.2. The molecule has 1 aliphatic heterocycles. The quantitative estimate of drug-likeness (QED) is 0.248. The summed E-state index contributed by atoms with van der Waals surface area (Å²) in [6, 6.07) is 16.2. The fourth-order valence-electron chi connectivity index (χ4n) is 3.73. The van der Waals surface area contributed by atoms with Crippen LogP contribution in [-0.2, 0) is 20.6 Å². The molecule has 2 aromatic carbocycles. The fourth-order valence-corrected chi connectivity index (χ4v) is 3.73. The van der Waals surface area contributed by atoms with Gasteiger partial charge in [-0.1, -0.05) is 29.8 Å². The Labute approximate surface area is 220 Å². The van der Waals surface area contributed by atoms with E-state index in [1.807, 2.05) is 37.3 Å². The first-order valence-electron chi connectivity index (χ1n) is 12.2. The van der Waals surface area contributed by atoms with Crippen molar-refractivity contribution in [1.29, 1.82) is 0 Å². The van der Waals surface area contributed by atoms with Gasteiger partial charge in [-0.15, -0.1) is 0 Å². The smallest absolute Gasteiger partial charge is 0.411 e. The van der Waals surface area contributed by atoms with Gasteiger partial charge in [-0.2, -0.15) is 5.10 Å². The van der Waals surface area contributed by atoms with Crippen LogP contribution in [0.25, 0.3) is 0 Å². The highest BCUT2D eigenvalue weighted by molar-refractivity contribution is 5.91. The summed E-state index contributed by atoms with van der Waals surface area (Å²) in [5.41, 5.74) is 5.99. The van der Waals surface area contributed by atoms with E-state index in [1.54, 1.807) is 30.5 Å². The summed E-state index contributed by atoms with van der Waals surface area (Å²) in [6.45, 7) is 4.78. The molecule has 0 spiro atoms. The van der Waals surface area contributed by atoms with Crippen molar-refractivity contribution in [3.05, 3.63) is 77.1 Å². The van der Waals surface area contributed by atoms with Crippen molar-refractivity contribution in [3.8, 4) is 0 Å². The molecule has 1 aromatic heterocycles. The van der Waals surface area contributed by atoms with Gasteiger partial charge in [0.25, 0.3) is 0 Å². The number of methoxy groups -OCH3 is 1. The van der Waals surface area contributed by atoms with Gasteiger partial charge < -0.3 is 19.1 Å². The highest BCUT2D eigenvalue weighted by Crippen LogP contribution is 2.18. The van der Waals surface area contributed by atoms with Crippen LogP contribution in [0.1, 0.15) is 27.3 Å². The molecular formula is C27H30N6O5. The van der Waals surface area contributed by atoms with Crippen molar-refractivity contribution in [1.82, 2.24) is 9.97 Å². The Morgan fingerprint density at radius 2 is 1.89 bits per heavy atom. The zero-order chi connectivity index (χ0) is 26.7. The van der Waals surface area contributed by atoms with E-state index < -0.39 is 12.1 Å². The predicted octanol–water partition coefficient (Wildman–Crippen LogP) is 3.65. The van der Waals surface area contributed by atoms with E-state index in [1.165, 1.54) is 7.11 Å². The van der Waals surface area contributed by atoms with E-state index in [0.717, 1.165) is 30.0 Å². The van der Waals surface area contributed by atoms with Crippen molar-refractivity contribution in [2.24, 2.45) is 5.10 Å². The average Bonchev–Trinajstić information content (AvgIpc) is 2.93. The minimum atomic E-state index is -0.624. The molecule has 38 heavy (non-hydrogen) atoms. The highest BCUT2D eigenvalue weighted by atomic mass is 16.5. The number of ether oxygens (including phenoxy) is 3. The van der Waals surface area contributed by atoms with Crippen molar-refractivity contribution in [2.75, 3.05) is 55.7 Å². The van der Waals surface area contributed by atoms with Crippen molar-refractivity contribution >= 4 is 35.6 Å². The molecule has 2 N–H and O–H groups in total. The summed E-state index contributed by atoms with van der Waals surface area (Å²) in [5.74, 6) is 1.35. The van der Waals surface area contributed by atoms with Crippen LogP contribution in [0.15, 0.2) is 59.7 Å². The largest absolute Gasteiger partial charge is 0.465 e. The number of carbonyl (C=O) groups is 2. The second kappa shape index (κ2) is 13.2. The van der Waals surface area contributed by atoms with Gasteiger partial charge in [-0.3, -0.25) is 10.7 Å². The number of esters is 1. The minimum absolute atomic E-state index is 0.0740. The number of amides is 1. The summed E-state index contributed by atoms with van der Waals surface area (Å²) in [6.07, 6.45) is 1.42. The zero-order valence-corrected chi connectivity index (χ0v) is 21.3. The van der Waals surface area contributed by atoms with Gasteiger partial charge >= 0.3 is 12.1 Å². The monoisotopic (exact) mass is 518 g/mol. The van der Waals surface area contributed by atoms with Gasteiger partial charge in [0.2, 0.25) is 0 Å². The van der Waals surface area contributed by atoms with Crippen molar-refractivity contribution in [3.63, 3.8) is 0 Å². The summed E-state index contributed by atoms with van der Waals surface area (Å²) in [7, 11) is 1.31. The molecule has 198 valence electrons. The second-order valence-corrected chi connectivity index (χ2v) is 8.49. The van der Waals surface area contributed by atoms with E-state index in [9.17, 15) is 9.59 Å². The third kappa shape index (κ3) is 7.74. The Bertz CT molecular complexity index is 1280. The fraction of sp³-hybridized carbons (Fsp3) is 0.296. The Morgan fingerprint density at radius 3 is 2.63 bits per heavy atom. The number of morpholine rings is 1. The Morgan fingerprint density at radius 1 is 1.11 bits per heavy atom. The highest BCUT2D eigenvalue weighted by Gasteiger charge is 2.15. The van der Waals surface area contributed by atoms with Crippen LogP contribution in [0, 0.1) is 6.92 Å². The number of nitrogens with one attached hydrogen (secondary N) is 2. The number of hydrogen-bond acceptors (Lipinski definition) is 10. The molecule has 0 radical (unpaired) electrons. The van der Waals surface area contributed by atoms with Crippen molar-refractivity contribution < 1.29 is 23.8 Å². The van der Waals surface area contributed by atoms with Crippen LogP contribution in [-0.4, -0.2) is 68.3 Å². The Kier molecular flexibility index (Phi) is 9.19. The number of anilines is 3. The van der Waals surface area contributed by atoms with E-state index >= 15 is 0 Å². The lowest BCUT2D eigenvalue weighted by atomic mass is 10.2. The number of hydrogen-bond donors (Lipinski definition) is 2. The van der Waals surface area contributed by atoms with Crippen molar-refractivity contribution in [2.45, 2.75) is 13.3 Å². The molecule has 3 aromatic rings. The molecule has 4 rings (SSSR count). The standard InChI is InChI=1S/C27H30N6O5/c1-19-4-3-5-20(16-19)18-28-32-24-17-25(33-11-14-37-15-12-33)31-23(30-24)10-13-38-27(35)29-22-8-6-21(7-9-22)26(34)36-2/h3-9,16-18H,10-15H2,1-2H3,(H,29,35)(H,30,31,32)/b28-18+. The van der Waals surface area contributed by atoms with Gasteiger partial charge in [0.1, 0.15) is 18.2 Å². The number of hydrazone groups is 1. The molecule has 1 amide bonds. The molecule has 2 heterocycles. The number of nitrogens with zero attached hydrogens (tertiary/aromatic N) is 4. The molecule has 0 saturated carbocycles. The third-order valence-corrected chi connectivity index (χ3v) is 5.64. The van der Waals surface area contributed by atoms with E-state index in [4.69, 9.17) is 9.47 Å². The van der Waals surface area contributed by atoms with E-state index in [-0.39, 0.29) is 6.61 Å². The number of rotatable bonds is 9. The molecule has 1 aliphatic rings. The van der Waals surface area contributed by atoms with Crippen LogP contribution in [0.3, 0.4) is 0 Å². The lowest BCUT2D eigenvalue weighted by molar-refractivity contribution is 0.0600. The lowest BCUT2D eigenvalue weighted by Crippen LogP contribution is -2.37. The minimum Gasteiger partial charge on any atom is -0.465 e. The molecule has 0 aliphatic carbocycles. The van der Waals surface area contributed by atoms with Crippen LogP contribution in [0.4, 0.5) is 22.1 Å². The molecule has 0 atom stereocenters. The molecule has 11 nitrogen and oxygen atoms in total. The molecule has 1 saturated heterocycles.